The minimum Gasteiger partial charge on any atom is -0.313 e. The van der Waals surface area contributed by atoms with Crippen LogP contribution >= 0.6 is 0 Å². The highest BCUT2D eigenvalue weighted by molar-refractivity contribution is 4.98. The predicted octanol–water partition coefficient (Wildman–Crippen LogP) is 2.79. The van der Waals surface area contributed by atoms with Gasteiger partial charge in [0.25, 0.3) is 0 Å². The van der Waals surface area contributed by atoms with Crippen LogP contribution in [-0.4, -0.2) is 27.4 Å². The van der Waals surface area contributed by atoms with E-state index in [0.717, 1.165) is 25.3 Å². The molecule has 4 heteroatoms. The molecule has 1 aromatic heterocycles. The van der Waals surface area contributed by atoms with E-state index in [2.05, 4.69) is 36.2 Å². The zero-order valence-electron chi connectivity index (χ0n) is 12.7. The molecule has 1 aliphatic carbocycles. The lowest BCUT2D eigenvalue weighted by Crippen LogP contribution is -2.46. The van der Waals surface area contributed by atoms with Gasteiger partial charge in [0, 0.05) is 19.0 Å². The first kappa shape index (κ1) is 14.5. The van der Waals surface area contributed by atoms with Gasteiger partial charge in [0.15, 0.2) is 0 Å². The topological polar surface area (TPSA) is 42.7 Å². The number of nitrogens with zero attached hydrogens (tertiary/aromatic N) is 3. The minimum atomic E-state index is 0.415. The smallest absolute Gasteiger partial charge is 0.138 e. The second-order valence-electron chi connectivity index (χ2n) is 6.02. The molecular formula is C15H28N4. The molecule has 1 heterocycles. The quantitative estimate of drug-likeness (QED) is 0.859. The molecule has 1 fully saturated rings. The predicted molar refractivity (Wildman–Crippen MR) is 78.1 cm³/mol. The number of nitrogens with one attached hydrogen (secondary N) is 1. The molecule has 0 radical (unpaired) electrons. The summed E-state index contributed by atoms with van der Waals surface area (Å²) in [7, 11) is 0. The normalized spacial score (nSPS) is 20.4. The fourth-order valence-corrected chi connectivity index (χ4v) is 3.41. The van der Waals surface area contributed by atoms with E-state index in [9.17, 15) is 0 Å². The number of likely N-dealkylation sites (N-methyl/N-ethyl adjacent to an activating group) is 1. The molecule has 0 aliphatic heterocycles. The summed E-state index contributed by atoms with van der Waals surface area (Å²) in [4.78, 5) is 4.45. The van der Waals surface area contributed by atoms with Gasteiger partial charge in [-0.25, -0.2) is 4.98 Å². The van der Waals surface area contributed by atoms with Gasteiger partial charge in [-0.05, 0) is 31.7 Å². The summed E-state index contributed by atoms with van der Waals surface area (Å²) in [5.41, 5.74) is 0.415. The molecule has 19 heavy (non-hydrogen) atoms. The first-order valence-electron chi connectivity index (χ1n) is 7.79. The van der Waals surface area contributed by atoms with Crippen molar-refractivity contribution in [3.63, 3.8) is 0 Å². The fourth-order valence-electron chi connectivity index (χ4n) is 3.41. The lowest BCUT2D eigenvalue weighted by Gasteiger charge is -2.41. The second-order valence-corrected chi connectivity index (χ2v) is 6.02. The van der Waals surface area contributed by atoms with Crippen molar-refractivity contribution in [3.8, 4) is 0 Å². The molecule has 0 aromatic carbocycles. The summed E-state index contributed by atoms with van der Waals surface area (Å²) in [5.74, 6) is 1.13. The summed E-state index contributed by atoms with van der Waals surface area (Å²) >= 11 is 0. The van der Waals surface area contributed by atoms with Gasteiger partial charge in [-0.2, -0.15) is 5.10 Å². The first-order valence-corrected chi connectivity index (χ1v) is 7.79. The van der Waals surface area contributed by atoms with E-state index in [4.69, 9.17) is 0 Å². The SMILES string of the molecule is CCNC(Cc1ncnn1CC)C1(C)CCCCC1. The highest BCUT2D eigenvalue weighted by Crippen LogP contribution is 2.39. The molecule has 0 saturated heterocycles. The Balaban J connectivity index is 2.11. The number of hydrogen-bond acceptors (Lipinski definition) is 3. The zero-order valence-corrected chi connectivity index (χ0v) is 12.7. The van der Waals surface area contributed by atoms with Crippen LogP contribution in [0.3, 0.4) is 0 Å². The van der Waals surface area contributed by atoms with Gasteiger partial charge in [-0.15, -0.1) is 0 Å². The van der Waals surface area contributed by atoms with Crippen molar-refractivity contribution in [1.29, 1.82) is 0 Å². The lowest BCUT2D eigenvalue weighted by molar-refractivity contribution is 0.142. The van der Waals surface area contributed by atoms with Crippen molar-refractivity contribution in [2.24, 2.45) is 5.41 Å². The molecule has 1 saturated carbocycles. The van der Waals surface area contributed by atoms with Gasteiger partial charge in [0.1, 0.15) is 12.2 Å². The number of aromatic nitrogens is 3. The molecule has 108 valence electrons. The Hall–Kier alpha value is -0.900. The van der Waals surface area contributed by atoms with E-state index < -0.39 is 0 Å². The van der Waals surface area contributed by atoms with Crippen LogP contribution < -0.4 is 5.32 Å². The maximum Gasteiger partial charge on any atom is 0.138 e. The molecule has 1 aromatic rings. The van der Waals surface area contributed by atoms with Crippen molar-refractivity contribution in [2.45, 2.75) is 71.9 Å². The van der Waals surface area contributed by atoms with Crippen LogP contribution in [0.15, 0.2) is 6.33 Å². The molecule has 2 rings (SSSR count). The fraction of sp³-hybridized carbons (Fsp3) is 0.867. The Morgan fingerprint density at radius 3 is 2.68 bits per heavy atom. The van der Waals surface area contributed by atoms with Gasteiger partial charge in [-0.1, -0.05) is 33.1 Å². The Morgan fingerprint density at radius 1 is 1.32 bits per heavy atom. The molecule has 4 nitrogen and oxygen atoms in total. The van der Waals surface area contributed by atoms with E-state index in [-0.39, 0.29) is 0 Å². The van der Waals surface area contributed by atoms with Crippen molar-refractivity contribution >= 4 is 0 Å². The number of hydrogen-bond donors (Lipinski definition) is 1. The highest BCUT2D eigenvalue weighted by Gasteiger charge is 2.35. The van der Waals surface area contributed by atoms with Crippen molar-refractivity contribution in [2.75, 3.05) is 6.54 Å². The van der Waals surface area contributed by atoms with Gasteiger partial charge in [0.2, 0.25) is 0 Å². The van der Waals surface area contributed by atoms with Gasteiger partial charge in [-0.3, -0.25) is 4.68 Å². The molecule has 0 amide bonds. The van der Waals surface area contributed by atoms with Crippen molar-refractivity contribution in [3.05, 3.63) is 12.2 Å². The molecule has 0 spiro atoms. The molecule has 0 bridgehead atoms. The Morgan fingerprint density at radius 2 is 2.05 bits per heavy atom. The Bertz CT molecular complexity index is 379. The second kappa shape index (κ2) is 6.51. The third-order valence-electron chi connectivity index (χ3n) is 4.67. The van der Waals surface area contributed by atoms with Crippen LogP contribution in [0.1, 0.15) is 58.7 Å². The summed E-state index contributed by atoms with van der Waals surface area (Å²) in [5, 5.41) is 7.99. The molecule has 1 N–H and O–H groups in total. The highest BCUT2D eigenvalue weighted by atomic mass is 15.3. The third kappa shape index (κ3) is 3.35. The van der Waals surface area contributed by atoms with Crippen molar-refractivity contribution in [1.82, 2.24) is 20.1 Å². The van der Waals surface area contributed by atoms with E-state index in [0.29, 0.717) is 11.5 Å². The molecule has 1 atom stereocenters. The van der Waals surface area contributed by atoms with Gasteiger partial charge >= 0.3 is 0 Å². The first-order chi connectivity index (χ1) is 9.19. The van der Waals surface area contributed by atoms with Crippen LogP contribution in [0, 0.1) is 5.41 Å². The Labute approximate surface area is 117 Å². The summed E-state index contributed by atoms with van der Waals surface area (Å²) < 4.78 is 2.02. The maximum absolute atomic E-state index is 4.45. The molecule has 1 aliphatic rings. The van der Waals surface area contributed by atoms with Gasteiger partial charge in [0.05, 0.1) is 0 Å². The number of aryl methyl sites for hydroxylation is 1. The zero-order chi connectivity index (χ0) is 13.7. The molecular weight excluding hydrogens is 236 g/mol. The van der Waals surface area contributed by atoms with Crippen molar-refractivity contribution < 1.29 is 0 Å². The van der Waals surface area contributed by atoms with Crippen LogP contribution in [0.2, 0.25) is 0 Å². The average Bonchev–Trinajstić information content (AvgIpc) is 2.86. The number of rotatable bonds is 6. The van der Waals surface area contributed by atoms with Crippen LogP contribution in [0.25, 0.3) is 0 Å². The largest absolute Gasteiger partial charge is 0.313 e. The van der Waals surface area contributed by atoms with E-state index in [1.54, 1.807) is 6.33 Å². The summed E-state index contributed by atoms with van der Waals surface area (Å²) in [6.07, 6.45) is 9.51. The van der Waals surface area contributed by atoms with Gasteiger partial charge < -0.3 is 5.32 Å². The standard InChI is InChI=1S/C15H28N4/c1-4-16-13(15(3)9-7-6-8-10-15)11-14-17-12-18-19(14)5-2/h12-13,16H,4-11H2,1-3H3. The van der Waals surface area contributed by atoms with Crippen LogP contribution in [-0.2, 0) is 13.0 Å². The summed E-state index contributed by atoms with van der Waals surface area (Å²) in [6.45, 7) is 8.71. The minimum absolute atomic E-state index is 0.415. The maximum atomic E-state index is 4.45. The lowest BCUT2D eigenvalue weighted by atomic mass is 9.69. The Kier molecular flexibility index (Phi) is 4.97. The summed E-state index contributed by atoms with van der Waals surface area (Å²) in [6, 6.07) is 0.521. The third-order valence-corrected chi connectivity index (χ3v) is 4.67. The average molecular weight is 264 g/mol. The van der Waals surface area contributed by atoms with E-state index in [1.807, 2.05) is 4.68 Å². The monoisotopic (exact) mass is 264 g/mol. The van der Waals surface area contributed by atoms with Crippen LogP contribution in [0.4, 0.5) is 0 Å². The van der Waals surface area contributed by atoms with Crippen LogP contribution in [0.5, 0.6) is 0 Å². The van der Waals surface area contributed by atoms with E-state index in [1.165, 1.54) is 32.1 Å². The molecule has 1 unspecified atom stereocenters. The van der Waals surface area contributed by atoms with E-state index >= 15 is 0 Å².